The number of carbonyl (C=O) groups is 1. The quantitative estimate of drug-likeness (QED) is 0.769. The summed E-state index contributed by atoms with van der Waals surface area (Å²) in [6, 6.07) is 12.6. The van der Waals surface area contributed by atoms with Gasteiger partial charge in [-0.2, -0.15) is 0 Å². The highest BCUT2D eigenvalue weighted by atomic mass is 16.7. The predicted octanol–water partition coefficient (Wildman–Crippen LogP) is 2.16. The van der Waals surface area contributed by atoms with Crippen LogP contribution in [0.1, 0.15) is 29.0 Å². The SMILES string of the molecule is COc1ccc(CN2C(=O)[C@H](N)[C@@H]2c2ccccc2C2OCCO2)c(OC)c1. The molecule has 2 aromatic carbocycles. The van der Waals surface area contributed by atoms with Crippen molar-refractivity contribution in [1.82, 2.24) is 4.90 Å². The van der Waals surface area contributed by atoms with E-state index in [2.05, 4.69) is 0 Å². The molecule has 2 heterocycles. The number of ether oxygens (including phenoxy) is 4. The van der Waals surface area contributed by atoms with Gasteiger partial charge in [0, 0.05) is 17.2 Å². The smallest absolute Gasteiger partial charge is 0.242 e. The highest BCUT2D eigenvalue weighted by Gasteiger charge is 2.47. The van der Waals surface area contributed by atoms with E-state index in [4.69, 9.17) is 24.7 Å². The van der Waals surface area contributed by atoms with Crippen LogP contribution in [-0.2, 0) is 20.8 Å². The lowest BCUT2D eigenvalue weighted by atomic mass is 9.85. The highest BCUT2D eigenvalue weighted by Crippen LogP contribution is 2.41. The van der Waals surface area contributed by atoms with Crippen molar-refractivity contribution in [2.45, 2.75) is 24.9 Å². The average Bonchev–Trinajstić information content (AvgIpc) is 3.28. The Morgan fingerprint density at radius 3 is 2.46 bits per heavy atom. The standard InChI is InChI=1S/C21H24N2O5/c1-25-14-8-7-13(17(11-14)26-2)12-23-19(18(22)20(23)24)15-5-3-4-6-16(15)21-27-9-10-28-21/h3-8,11,18-19,21H,9-10,12,22H2,1-2H3/t18-,19+/m1/s1. The number of nitrogens with two attached hydrogens (primary N) is 1. The molecule has 0 spiro atoms. The molecule has 1 amide bonds. The van der Waals surface area contributed by atoms with Crippen molar-refractivity contribution in [3.05, 3.63) is 59.2 Å². The van der Waals surface area contributed by atoms with E-state index >= 15 is 0 Å². The maximum atomic E-state index is 12.6. The summed E-state index contributed by atoms with van der Waals surface area (Å²) in [5, 5.41) is 0. The Hall–Kier alpha value is -2.61. The molecule has 2 aliphatic rings. The second-order valence-corrected chi connectivity index (χ2v) is 6.82. The van der Waals surface area contributed by atoms with Gasteiger partial charge in [0.15, 0.2) is 6.29 Å². The summed E-state index contributed by atoms with van der Waals surface area (Å²) in [7, 11) is 3.20. The summed E-state index contributed by atoms with van der Waals surface area (Å²) in [6.45, 7) is 1.51. The van der Waals surface area contributed by atoms with Crippen molar-refractivity contribution in [3.8, 4) is 11.5 Å². The van der Waals surface area contributed by atoms with Crippen LogP contribution in [0.5, 0.6) is 11.5 Å². The van der Waals surface area contributed by atoms with Crippen molar-refractivity contribution in [2.24, 2.45) is 5.73 Å². The summed E-state index contributed by atoms with van der Waals surface area (Å²) < 4.78 is 22.1. The zero-order chi connectivity index (χ0) is 19.7. The van der Waals surface area contributed by atoms with Crippen LogP contribution in [0, 0.1) is 0 Å². The van der Waals surface area contributed by atoms with Gasteiger partial charge in [-0.05, 0) is 17.7 Å². The molecule has 2 N–H and O–H groups in total. The molecule has 148 valence electrons. The first-order chi connectivity index (χ1) is 13.6. The van der Waals surface area contributed by atoms with Gasteiger partial charge in [0.05, 0.1) is 40.0 Å². The van der Waals surface area contributed by atoms with Crippen molar-refractivity contribution < 1.29 is 23.7 Å². The van der Waals surface area contributed by atoms with E-state index in [0.29, 0.717) is 31.3 Å². The molecule has 2 fully saturated rings. The van der Waals surface area contributed by atoms with Gasteiger partial charge in [0.2, 0.25) is 5.91 Å². The van der Waals surface area contributed by atoms with Gasteiger partial charge < -0.3 is 29.6 Å². The number of nitrogens with zero attached hydrogens (tertiary/aromatic N) is 1. The normalized spacial score (nSPS) is 22.2. The predicted molar refractivity (Wildman–Crippen MR) is 102 cm³/mol. The monoisotopic (exact) mass is 384 g/mol. The fraction of sp³-hybridized carbons (Fsp3) is 0.381. The number of hydrogen-bond acceptors (Lipinski definition) is 6. The third-order valence-corrected chi connectivity index (χ3v) is 5.27. The first kappa shape index (κ1) is 18.7. The molecular formula is C21H24N2O5. The Bertz CT molecular complexity index is 866. The van der Waals surface area contributed by atoms with Crippen LogP contribution in [0.15, 0.2) is 42.5 Å². The fourth-order valence-electron chi connectivity index (χ4n) is 3.81. The van der Waals surface area contributed by atoms with Crippen LogP contribution in [0.25, 0.3) is 0 Å². The zero-order valence-electron chi connectivity index (χ0n) is 16.0. The first-order valence-corrected chi connectivity index (χ1v) is 9.23. The number of hydrogen-bond donors (Lipinski definition) is 1. The van der Waals surface area contributed by atoms with Crippen LogP contribution in [0.2, 0.25) is 0 Å². The van der Waals surface area contributed by atoms with Gasteiger partial charge in [-0.3, -0.25) is 4.79 Å². The van der Waals surface area contributed by atoms with E-state index in [-0.39, 0.29) is 11.9 Å². The second-order valence-electron chi connectivity index (χ2n) is 6.82. The maximum Gasteiger partial charge on any atom is 0.242 e. The molecule has 28 heavy (non-hydrogen) atoms. The van der Waals surface area contributed by atoms with Crippen molar-refractivity contribution in [1.29, 1.82) is 0 Å². The number of carbonyl (C=O) groups excluding carboxylic acids is 1. The Balaban J connectivity index is 1.63. The van der Waals surface area contributed by atoms with Crippen molar-refractivity contribution >= 4 is 5.91 Å². The van der Waals surface area contributed by atoms with E-state index < -0.39 is 12.3 Å². The zero-order valence-corrected chi connectivity index (χ0v) is 16.0. The molecule has 4 rings (SSSR count). The summed E-state index contributed by atoms with van der Waals surface area (Å²) in [4.78, 5) is 14.3. The topological polar surface area (TPSA) is 83.3 Å². The van der Waals surface area contributed by atoms with Gasteiger partial charge in [0.1, 0.15) is 17.5 Å². The Kier molecular flexibility index (Phi) is 5.21. The Labute approximate surface area is 163 Å². The van der Waals surface area contributed by atoms with Gasteiger partial charge >= 0.3 is 0 Å². The molecule has 0 saturated carbocycles. The lowest BCUT2D eigenvalue weighted by molar-refractivity contribution is -0.151. The molecule has 0 bridgehead atoms. The number of rotatable bonds is 6. The number of likely N-dealkylation sites (tertiary alicyclic amines) is 1. The molecule has 7 heteroatoms. The van der Waals surface area contributed by atoms with Crippen LogP contribution >= 0.6 is 0 Å². The van der Waals surface area contributed by atoms with Gasteiger partial charge in [-0.1, -0.05) is 24.3 Å². The summed E-state index contributed by atoms with van der Waals surface area (Å²) >= 11 is 0. The van der Waals surface area contributed by atoms with Gasteiger partial charge in [-0.25, -0.2) is 0 Å². The third-order valence-electron chi connectivity index (χ3n) is 5.27. The van der Waals surface area contributed by atoms with E-state index in [1.807, 2.05) is 42.5 Å². The van der Waals surface area contributed by atoms with Crippen LogP contribution in [0.4, 0.5) is 0 Å². The van der Waals surface area contributed by atoms with Gasteiger partial charge in [-0.15, -0.1) is 0 Å². The van der Waals surface area contributed by atoms with Crippen LogP contribution in [0.3, 0.4) is 0 Å². The second kappa shape index (κ2) is 7.79. The highest BCUT2D eigenvalue weighted by molar-refractivity contribution is 5.89. The third kappa shape index (κ3) is 3.22. The molecule has 0 aliphatic carbocycles. The lowest BCUT2D eigenvalue weighted by Crippen LogP contribution is -2.62. The summed E-state index contributed by atoms with van der Waals surface area (Å²) in [5.41, 5.74) is 8.96. The fourth-order valence-corrected chi connectivity index (χ4v) is 3.81. The molecule has 7 nitrogen and oxygen atoms in total. The maximum absolute atomic E-state index is 12.6. The molecule has 2 saturated heterocycles. The largest absolute Gasteiger partial charge is 0.497 e. The number of benzene rings is 2. The van der Waals surface area contributed by atoms with E-state index in [1.54, 1.807) is 19.1 Å². The van der Waals surface area contributed by atoms with E-state index in [9.17, 15) is 4.79 Å². The lowest BCUT2D eigenvalue weighted by Gasteiger charge is -2.46. The number of β-lactam (4-membered cyclic amide) rings is 1. The minimum absolute atomic E-state index is 0.0917. The minimum atomic E-state index is -0.591. The van der Waals surface area contributed by atoms with E-state index in [0.717, 1.165) is 16.7 Å². The average molecular weight is 384 g/mol. The molecule has 0 aromatic heterocycles. The number of methoxy groups -OCH3 is 2. The molecular weight excluding hydrogens is 360 g/mol. The van der Waals surface area contributed by atoms with Crippen molar-refractivity contribution in [2.75, 3.05) is 27.4 Å². The molecule has 0 radical (unpaired) electrons. The molecule has 2 aliphatic heterocycles. The first-order valence-electron chi connectivity index (χ1n) is 9.23. The Morgan fingerprint density at radius 2 is 1.79 bits per heavy atom. The van der Waals surface area contributed by atoms with Crippen molar-refractivity contribution in [3.63, 3.8) is 0 Å². The number of amides is 1. The molecule has 2 atom stereocenters. The Morgan fingerprint density at radius 1 is 1.07 bits per heavy atom. The summed E-state index contributed by atoms with van der Waals surface area (Å²) in [5.74, 6) is 1.28. The van der Waals surface area contributed by atoms with Gasteiger partial charge in [0.25, 0.3) is 0 Å². The van der Waals surface area contributed by atoms with Crippen LogP contribution < -0.4 is 15.2 Å². The molecule has 0 unspecified atom stereocenters. The van der Waals surface area contributed by atoms with Crippen LogP contribution in [-0.4, -0.2) is 44.3 Å². The minimum Gasteiger partial charge on any atom is -0.497 e. The van der Waals surface area contributed by atoms with E-state index in [1.165, 1.54) is 0 Å². The molecule has 2 aromatic rings. The summed E-state index contributed by atoms with van der Waals surface area (Å²) in [6.07, 6.45) is -0.420.